The molecule has 0 atom stereocenters. The van der Waals surface area contributed by atoms with E-state index < -0.39 is 17.8 Å². The van der Waals surface area contributed by atoms with Crippen LogP contribution in [0.25, 0.3) is 11.6 Å². The molecule has 0 radical (unpaired) electrons. The number of aliphatic hydroxyl groups is 1. The van der Waals surface area contributed by atoms with E-state index in [0.717, 1.165) is 33.4 Å². The molecule has 0 unspecified atom stereocenters. The largest absolute Gasteiger partial charge is 0.510 e. The number of hydrogen-bond donors (Lipinski definition) is 6. The summed E-state index contributed by atoms with van der Waals surface area (Å²) in [5.74, 6) is -2.40. The number of carbonyl (C=O) groups excluding carboxylic acids is 1. The number of amides is 1. The highest BCUT2D eigenvalue weighted by Gasteiger charge is 2.28. The molecule has 4 aliphatic heterocycles. The minimum absolute atomic E-state index is 0.0882. The van der Waals surface area contributed by atoms with Crippen LogP contribution in [0, 0.1) is 6.92 Å². The number of allylic oxidation sites excluding steroid dienone is 9. The summed E-state index contributed by atoms with van der Waals surface area (Å²) in [5.41, 5.74) is 15.4. The van der Waals surface area contributed by atoms with Crippen LogP contribution in [0.2, 0.25) is 0 Å². The number of carbonyl (C=O) groups is 3. The zero-order valence-corrected chi connectivity index (χ0v) is 26.1. The molecule has 46 heavy (non-hydrogen) atoms. The lowest BCUT2D eigenvalue weighted by atomic mass is 9.96. The van der Waals surface area contributed by atoms with Gasteiger partial charge in [0.2, 0.25) is 5.91 Å². The van der Waals surface area contributed by atoms with Crippen molar-refractivity contribution < 1.29 is 29.7 Å². The van der Waals surface area contributed by atoms with E-state index >= 15 is 0 Å². The zero-order valence-electron chi connectivity index (χ0n) is 26.1. The Morgan fingerprint density at radius 1 is 0.783 bits per heavy atom. The second-order valence-electron chi connectivity index (χ2n) is 11.5. The average Bonchev–Trinajstić information content (AvgIpc) is 3.70. The van der Waals surface area contributed by atoms with Gasteiger partial charge >= 0.3 is 11.9 Å². The van der Waals surface area contributed by atoms with E-state index in [-0.39, 0.29) is 44.5 Å². The van der Waals surface area contributed by atoms with Crippen molar-refractivity contribution in [3.05, 3.63) is 92.0 Å². The van der Waals surface area contributed by atoms with Gasteiger partial charge in [-0.25, -0.2) is 15.0 Å². The molecule has 12 heteroatoms. The van der Waals surface area contributed by atoms with Gasteiger partial charge in [0.05, 0.1) is 58.6 Å². The molecule has 5 rings (SSSR count). The van der Waals surface area contributed by atoms with Crippen LogP contribution in [0.1, 0.15) is 63.4 Å². The summed E-state index contributed by atoms with van der Waals surface area (Å²) in [4.78, 5) is 53.1. The van der Waals surface area contributed by atoms with Gasteiger partial charge in [0, 0.05) is 18.5 Å². The van der Waals surface area contributed by atoms with E-state index in [1.807, 2.05) is 58.1 Å². The number of nitrogens with one attached hydrogen (secondary N) is 2. The van der Waals surface area contributed by atoms with E-state index in [1.54, 1.807) is 0 Å². The van der Waals surface area contributed by atoms with Gasteiger partial charge in [0.1, 0.15) is 5.76 Å². The summed E-state index contributed by atoms with van der Waals surface area (Å²) in [5, 5.41) is 32.9. The van der Waals surface area contributed by atoms with Gasteiger partial charge in [0.15, 0.2) is 0 Å². The van der Waals surface area contributed by atoms with Crippen molar-refractivity contribution in [2.75, 3.05) is 13.1 Å². The first-order chi connectivity index (χ1) is 21.9. The normalized spacial score (nSPS) is 18.4. The second kappa shape index (κ2) is 12.9. The quantitative estimate of drug-likeness (QED) is 0.218. The van der Waals surface area contributed by atoms with Gasteiger partial charge < -0.3 is 31.4 Å². The summed E-state index contributed by atoms with van der Waals surface area (Å²) in [7, 11) is 0. The lowest BCUT2D eigenvalue weighted by Gasteiger charge is -2.11. The Bertz CT molecular complexity index is 1890. The first kappa shape index (κ1) is 32.0. The number of aliphatic imine (C=N–C) groups is 3. The van der Waals surface area contributed by atoms with Crippen LogP contribution in [-0.2, 0) is 14.4 Å². The number of H-pyrrole nitrogens is 1. The van der Waals surface area contributed by atoms with E-state index in [9.17, 15) is 29.7 Å². The molecule has 1 aromatic rings. The van der Waals surface area contributed by atoms with Gasteiger partial charge in [-0.2, -0.15) is 0 Å². The SMILES string of the molecule is CC1=CC2=NC1=CC1=NC(=CC3=NC(=Cc4cc(C)c([nH]4)C2=C(O)CNC(=O)CN)C(C)=C3CCC(=O)O)C(CCC(=O)O)=C1C. The summed E-state index contributed by atoms with van der Waals surface area (Å²) >= 11 is 0. The molecule has 0 saturated carbocycles. The molecule has 0 saturated heterocycles. The number of nitrogens with two attached hydrogens (primary N) is 1. The number of nitrogens with zero attached hydrogens (tertiary/aromatic N) is 3. The summed E-state index contributed by atoms with van der Waals surface area (Å²) in [6, 6.07) is 1.91. The van der Waals surface area contributed by atoms with Crippen LogP contribution in [0.15, 0.2) is 90.0 Å². The van der Waals surface area contributed by atoms with Crippen molar-refractivity contribution in [3.8, 4) is 0 Å². The van der Waals surface area contributed by atoms with E-state index in [4.69, 9.17) is 20.7 Å². The number of aromatic amines is 1. The Morgan fingerprint density at radius 3 is 2.09 bits per heavy atom. The summed E-state index contributed by atoms with van der Waals surface area (Å²) in [6.45, 7) is 7.18. The van der Waals surface area contributed by atoms with E-state index in [1.165, 1.54) is 0 Å². The van der Waals surface area contributed by atoms with Crippen molar-refractivity contribution in [2.45, 2.75) is 53.4 Å². The number of aryl methyl sites for hydroxylation is 1. The average molecular weight is 625 g/mol. The Labute approximate surface area is 265 Å². The Balaban J connectivity index is 1.76. The molecule has 0 fully saturated rings. The molecule has 5 heterocycles. The number of hydrogen-bond acceptors (Lipinski definition) is 8. The third-order valence-electron chi connectivity index (χ3n) is 8.26. The number of carboxylic acids is 2. The smallest absolute Gasteiger partial charge is 0.303 e. The molecule has 0 spiro atoms. The van der Waals surface area contributed by atoms with Crippen LogP contribution in [0.5, 0.6) is 0 Å². The fraction of sp³-hybridized carbons (Fsp3) is 0.294. The predicted molar refractivity (Wildman–Crippen MR) is 176 cm³/mol. The monoisotopic (exact) mass is 624 g/mol. The predicted octanol–water partition coefficient (Wildman–Crippen LogP) is 4.46. The fourth-order valence-corrected chi connectivity index (χ4v) is 5.77. The van der Waals surface area contributed by atoms with Gasteiger partial charge in [-0.05, 0) is 104 Å². The highest BCUT2D eigenvalue weighted by molar-refractivity contribution is 6.31. The maximum Gasteiger partial charge on any atom is 0.303 e. The molecule has 12 nitrogen and oxygen atoms in total. The van der Waals surface area contributed by atoms with Crippen molar-refractivity contribution in [2.24, 2.45) is 20.7 Å². The molecule has 4 aliphatic rings. The lowest BCUT2D eigenvalue weighted by Crippen LogP contribution is -2.32. The van der Waals surface area contributed by atoms with Crippen molar-refractivity contribution >= 4 is 46.6 Å². The first-order valence-electron chi connectivity index (χ1n) is 14.9. The van der Waals surface area contributed by atoms with Crippen molar-refractivity contribution in [1.29, 1.82) is 0 Å². The Morgan fingerprint density at radius 2 is 1.41 bits per heavy atom. The zero-order chi connectivity index (χ0) is 33.3. The second-order valence-corrected chi connectivity index (χ2v) is 11.5. The lowest BCUT2D eigenvalue weighted by molar-refractivity contribution is -0.137. The van der Waals surface area contributed by atoms with Crippen LogP contribution in [0.4, 0.5) is 0 Å². The van der Waals surface area contributed by atoms with E-state index in [0.29, 0.717) is 51.2 Å². The third kappa shape index (κ3) is 6.52. The van der Waals surface area contributed by atoms with Crippen LogP contribution >= 0.6 is 0 Å². The van der Waals surface area contributed by atoms with Crippen LogP contribution < -0.4 is 11.1 Å². The van der Waals surface area contributed by atoms with Crippen LogP contribution in [-0.4, -0.2) is 68.4 Å². The summed E-state index contributed by atoms with van der Waals surface area (Å²) in [6.07, 6.45) is 7.66. The number of rotatable bonds is 9. The molecule has 7 N–H and O–H groups in total. The Hall–Kier alpha value is -5.36. The molecule has 1 aromatic heterocycles. The summed E-state index contributed by atoms with van der Waals surface area (Å²) < 4.78 is 0. The van der Waals surface area contributed by atoms with Gasteiger partial charge in [-0.3, -0.25) is 14.4 Å². The molecular formula is C34H36N6O6. The number of fused-ring (bicyclic) bond motifs is 5. The van der Waals surface area contributed by atoms with Gasteiger partial charge in [-0.1, -0.05) is 0 Å². The molecule has 0 aromatic carbocycles. The molecule has 8 bridgehead atoms. The maximum atomic E-state index is 11.9. The standard InChI is InChI=1S/C34H36N6O6/c1-16-10-28-33(29(41)15-36-30(42)14-35)34-17(2)9-20(37-34)11-24-18(3)21(5-7-31(43)44)26(39-24)13-27-22(6-8-32(45)46)19(4)25(40-27)12-23(16)38-28/h9-13,37,41H,5-8,14-15,35H2,1-4H3,(H,36,42)(H,43,44)(H,45,46). The highest BCUT2D eigenvalue weighted by Crippen LogP contribution is 2.37. The minimum atomic E-state index is -0.933. The first-order valence-corrected chi connectivity index (χ1v) is 14.9. The minimum Gasteiger partial charge on any atom is -0.510 e. The molecule has 238 valence electrons. The number of aliphatic hydroxyl groups excluding tert-OH is 1. The molecule has 1 amide bonds. The van der Waals surface area contributed by atoms with Gasteiger partial charge in [0.25, 0.3) is 0 Å². The number of carboxylic acid groups (broad SMARTS) is 2. The maximum absolute atomic E-state index is 11.9. The topological polar surface area (TPSA) is 203 Å². The van der Waals surface area contributed by atoms with Gasteiger partial charge in [-0.15, -0.1) is 0 Å². The highest BCUT2D eigenvalue weighted by atomic mass is 16.4. The number of aromatic nitrogens is 1. The van der Waals surface area contributed by atoms with Crippen LogP contribution in [0.3, 0.4) is 0 Å². The number of aliphatic carboxylic acids is 2. The Kier molecular flexibility index (Phi) is 9.01. The fourth-order valence-electron chi connectivity index (χ4n) is 5.77. The van der Waals surface area contributed by atoms with Crippen molar-refractivity contribution in [3.63, 3.8) is 0 Å². The molecular weight excluding hydrogens is 588 g/mol. The van der Waals surface area contributed by atoms with Crippen molar-refractivity contribution in [1.82, 2.24) is 10.3 Å². The third-order valence-corrected chi connectivity index (χ3v) is 8.26. The molecule has 0 aliphatic carbocycles. The van der Waals surface area contributed by atoms with E-state index in [2.05, 4.69) is 10.3 Å².